The van der Waals surface area contributed by atoms with E-state index in [0.717, 1.165) is 57.4 Å². The quantitative estimate of drug-likeness (QED) is 0.752. The lowest BCUT2D eigenvalue weighted by atomic mass is 9.93. The van der Waals surface area contributed by atoms with Gasteiger partial charge in [-0.15, -0.1) is 11.3 Å². The average molecular weight is 394 g/mol. The molecular weight excluding hydrogens is 362 g/mol. The molecule has 1 atom stereocenters. The van der Waals surface area contributed by atoms with E-state index in [4.69, 9.17) is 4.74 Å². The minimum absolute atomic E-state index is 0.0732. The lowest BCUT2D eigenvalue weighted by Crippen LogP contribution is -2.51. The first-order valence-electron chi connectivity index (χ1n) is 9.93. The van der Waals surface area contributed by atoms with Gasteiger partial charge in [0.25, 0.3) is 5.91 Å². The smallest absolute Gasteiger partial charge is 0.254 e. The number of methoxy groups -OCH3 is 1. The lowest BCUT2D eigenvalue weighted by Gasteiger charge is -2.42. The molecule has 0 unspecified atom stereocenters. The first-order chi connectivity index (χ1) is 13.1. The lowest BCUT2D eigenvalue weighted by molar-refractivity contribution is -0.127. The van der Waals surface area contributed by atoms with E-state index in [9.17, 15) is 9.59 Å². The van der Waals surface area contributed by atoms with E-state index >= 15 is 0 Å². The van der Waals surface area contributed by atoms with Crippen molar-refractivity contribution in [2.24, 2.45) is 5.92 Å². The summed E-state index contributed by atoms with van der Waals surface area (Å²) in [5.41, 5.74) is 0.821. The molecule has 0 bridgehead atoms. The van der Waals surface area contributed by atoms with Crippen LogP contribution in [0.4, 0.5) is 0 Å². The third kappa shape index (κ3) is 5.30. The molecule has 0 saturated carbocycles. The van der Waals surface area contributed by atoms with Crippen LogP contribution in [0.5, 0.6) is 0 Å². The standard InChI is InChI=1S/C20H31N3O3S/c1-15-12-17(14-27-15)20(25)22-9-5-18(6-10-22)23-8-3-4-16(13-23)19(24)21-7-11-26-2/h12,14,16,18H,3-11,13H2,1-2H3,(H,21,24)/t16-/m0/s1. The van der Waals surface area contributed by atoms with Crippen molar-refractivity contribution in [1.29, 1.82) is 0 Å². The second-order valence-corrected chi connectivity index (χ2v) is 8.70. The Morgan fingerprint density at radius 3 is 2.70 bits per heavy atom. The van der Waals surface area contributed by atoms with E-state index in [-0.39, 0.29) is 17.7 Å². The van der Waals surface area contributed by atoms with Crippen LogP contribution in [0.25, 0.3) is 0 Å². The highest BCUT2D eigenvalue weighted by Gasteiger charge is 2.32. The van der Waals surface area contributed by atoms with Crippen LogP contribution in [0, 0.1) is 12.8 Å². The molecule has 1 aromatic heterocycles. The Hall–Kier alpha value is -1.44. The number of piperidine rings is 2. The molecule has 6 nitrogen and oxygen atoms in total. The number of carbonyl (C=O) groups excluding carboxylic acids is 2. The molecule has 3 rings (SSSR count). The SMILES string of the molecule is COCCNC(=O)[C@H]1CCCN(C2CCN(C(=O)c3csc(C)c3)CC2)C1. The number of likely N-dealkylation sites (tertiary alicyclic amines) is 2. The normalized spacial score (nSPS) is 22.0. The van der Waals surface area contributed by atoms with Gasteiger partial charge in [-0.1, -0.05) is 0 Å². The van der Waals surface area contributed by atoms with Crippen LogP contribution in [-0.2, 0) is 9.53 Å². The fraction of sp³-hybridized carbons (Fsp3) is 0.700. The molecule has 0 spiro atoms. The Morgan fingerprint density at radius 2 is 2.04 bits per heavy atom. The maximum absolute atomic E-state index is 12.6. The summed E-state index contributed by atoms with van der Waals surface area (Å²) >= 11 is 1.63. The van der Waals surface area contributed by atoms with E-state index in [2.05, 4.69) is 10.2 Å². The molecule has 2 aliphatic heterocycles. The van der Waals surface area contributed by atoms with Crippen LogP contribution in [0.1, 0.15) is 40.9 Å². The van der Waals surface area contributed by atoms with Crippen molar-refractivity contribution >= 4 is 23.2 Å². The van der Waals surface area contributed by atoms with Gasteiger partial charge in [-0.3, -0.25) is 14.5 Å². The predicted molar refractivity (Wildman–Crippen MR) is 107 cm³/mol. The van der Waals surface area contributed by atoms with Crippen LogP contribution >= 0.6 is 11.3 Å². The van der Waals surface area contributed by atoms with Gasteiger partial charge in [0, 0.05) is 49.6 Å². The van der Waals surface area contributed by atoms with Gasteiger partial charge in [0.05, 0.1) is 18.1 Å². The van der Waals surface area contributed by atoms with Crippen molar-refractivity contribution in [2.45, 2.75) is 38.6 Å². The summed E-state index contributed by atoms with van der Waals surface area (Å²) in [6.45, 7) is 6.67. The van der Waals surface area contributed by atoms with Crippen LogP contribution < -0.4 is 5.32 Å². The van der Waals surface area contributed by atoms with E-state index in [1.165, 1.54) is 4.88 Å². The van der Waals surface area contributed by atoms with Crippen LogP contribution in [0.3, 0.4) is 0 Å². The first kappa shape index (κ1) is 20.3. The van der Waals surface area contributed by atoms with Gasteiger partial charge < -0.3 is 15.0 Å². The Bertz CT molecular complexity index is 640. The molecule has 27 heavy (non-hydrogen) atoms. The molecule has 150 valence electrons. The van der Waals surface area contributed by atoms with Crippen molar-refractivity contribution in [3.8, 4) is 0 Å². The molecule has 0 aliphatic carbocycles. The molecule has 1 aromatic rings. The molecule has 3 heterocycles. The van der Waals surface area contributed by atoms with Gasteiger partial charge in [-0.25, -0.2) is 0 Å². The summed E-state index contributed by atoms with van der Waals surface area (Å²) in [5.74, 6) is 0.382. The Kier molecular flexibility index (Phi) is 7.26. The number of carbonyl (C=O) groups is 2. The second kappa shape index (κ2) is 9.66. The summed E-state index contributed by atoms with van der Waals surface area (Å²) in [6, 6.07) is 2.46. The fourth-order valence-electron chi connectivity index (χ4n) is 4.14. The summed E-state index contributed by atoms with van der Waals surface area (Å²) in [4.78, 5) is 30.6. The van der Waals surface area contributed by atoms with Crippen molar-refractivity contribution in [3.05, 3.63) is 21.9 Å². The molecule has 1 N–H and O–H groups in total. The molecule has 2 aliphatic rings. The molecule has 2 amide bonds. The highest BCUT2D eigenvalue weighted by molar-refractivity contribution is 7.10. The Labute approximate surface area is 165 Å². The third-order valence-corrected chi connectivity index (χ3v) is 6.54. The van der Waals surface area contributed by atoms with Gasteiger partial charge in [0.2, 0.25) is 5.91 Å². The van der Waals surface area contributed by atoms with Crippen LogP contribution in [0.2, 0.25) is 0 Å². The number of rotatable bonds is 6. The van der Waals surface area contributed by atoms with Gasteiger partial charge in [0.1, 0.15) is 0 Å². The summed E-state index contributed by atoms with van der Waals surface area (Å²) in [5, 5.41) is 4.94. The summed E-state index contributed by atoms with van der Waals surface area (Å²) in [7, 11) is 1.64. The minimum Gasteiger partial charge on any atom is -0.383 e. The zero-order valence-electron chi connectivity index (χ0n) is 16.4. The summed E-state index contributed by atoms with van der Waals surface area (Å²) in [6.07, 6.45) is 4.01. The number of aryl methyl sites for hydroxylation is 1. The first-order valence-corrected chi connectivity index (χ1v) is 10.8. The number of ether oxygens (including phenoxy) is 1. The molecule has 0 aromatic carbocycles. The fourth-order valence-corrected chi connectivity index (χ4v) is 4.82. The highest BCUT2D eigenvalue weighted by Crippen LogP contribution is 2.25. The zero-order chi connectivity index (χ0) is 19.2. The van der Waals surface area contributed by atoms with Crippen molar-refractivity contribution in [3.63, 3.8) is 0 Å². The number of nitrogens with zero attached hydrogens (tertiary/aromatic N) is 2. The maximum atomic E-state index is 12.6. The topological polar surface area (TPSA) is 61.9 Å². The Balaban J connectivity index is 1.47. The Morgan fingerprint density at radius 1 is 1.26 bits per heavy atom. The highest BCUT2D eigenvalue weighted by atomic mass is 32.1. The largest absolute Gasteiger partial charge is 0.383 e. The van der Waals surface area contributed by atoms with Gasteiger partial charge in [-0.05, 0) is 45.2 Å². The molecule has 0 radical (unpaired) electrons. The molecule has 2 fully saturated rings. The van der Waals surface area contributed by atoms with Crippen LogP contribution in [0.15, 0.2) is 11.4 Å². The van der Waals surface area contributed by atoms with Gasteiger partial charge >= 0.3 is 0 Å². The van der Waals surface area contributed by atoms with Gasteiger partial charge in [0.15, 0.2) is 0 Å². The number of amides is 2. The maximum Gasteiger partial charge on any atom is 0.254 e. The van der Waals surface area contributed by atoms with E-state index in [0.29, 0.717) is 19.2 Å². The van der Waals surface area contributed by atoms with E-state index < -0.39 is 0 Å². The zero-order valence-corrected chi connectivity index (χ0v) is 17.2. The van der Waals surface area contributed by atoms with Crippen LogP contribution in [-0.4, -0.2) is 74.1 Å². The second-order valence-electron chi connectivity index (χ2n) is 7.59. The van der Waals surface area contributed by atoms with Crippen molar-refractivity contribution < 1.29 is 14.3 Å². The number of hydrogen-bond acceptors (Lipinski definition) is 5. The number of thiophene rings is 1. The van der Waals surface area contributed by atoms with Crippen molar-refractivity contribution in [2.75, 3.05) is 46.4 Å². The predicted octanol–water partition coefficient (Wildman–Crippen LogP) is 2.14. The molecule has 2 saturated heterocycles. The van der Waals surface area contributed by atoms with E-state index in [1.54, 1.807) is 18.4 Å². The number of hydrogen-bond donors (Lipinski definition) is 1. The molecular formula is C20H31N3O3S. The minimum atomic E-state index is 0.0732. The molecule has 7 heteroatoms. The third-order valence-electron chi connectivity index (χ3n) is 5.67. The monoisotopic (exact) mass is 393 g/mol. The summed E-state index contributed by atoms with van der Waals surface area (Å²) < 4.78 is 5.00. The average Bonchev–Trinajstić information content (AvgIpc) is 3.14. The van der Waals surface area contributed by atoms with E-state index in [1.807, 2.05) is 23.3 Å². The van der Waals surface area contributed by atoms with Gasteiger partial charge in [-0.2, -0.15) is 0 Å². The van der Waals surface area contributed by atoms with Crippen molar-refractivity contribution in [1.82, 2.24) is 15.1 Å². The number of nitrogens with one attached hydrogen (secondary N) is 1.